The highest BCUT2D eigenvalue weighted by molar-refractivity contribution is 6.73. The Kier molecular flexibility index (Phi) is 5.33. The van der Waals surface area contributed by atoms with Crippen LogP contribution in [-0.4, -0.2) is 27.7 Å². The van der Waals surface area contributed by atoms with Crippen molar-refractivity contribution in [1.29, 1.82) is 0 Å². The van der Waals surface area contributed by atoms with Gasteiger partial charge in [-0.15, -0.1) is 0 Å². The maximum Gasteiger partial charge on any atom is 0.230 e. The second-order valence-electron chi connectivity index (χ2n) is 5.52. The molecule has 4 nitrogen and oxygen atoms in total. The topological polar surface area (TPSA) is 44.5 Å². The van der Waals surface area contributed by atoms with Crippen LogP contribution >= 0.6 is 0 Å². The lowest BCUT2D eigenvalue weighted by atomic mass is 10.1. The van der Waals surface area contributed by atoms with Crippen molar-refractivity contribution in [1.82, 2.24) is 4.98 Å². The van der Waals surface area contributed by atoms with Gasteiger partial charge >= 0.3 is 0 Å². The van der Waals surface area contributed by atoms with Gasteiger partial charge in [0.15, 0.2) is 6.79 Å². The summed E-state index contributed by atoms with van der Waals surface area (Å²) in [6, 6.07) is 14.5. The molecule has 0 aliphatic heterocycles. The van der Waals surface area contributed by atoms with E-state index in [-0.39, 0.29) is 6.79 Å². The number of nitrogens with zero attached hydrogens (tertiary/aromatic N) is 1. The number of aromatic nitrogens is 1. The molecule has 1 radical (unpaired) electrons. The van der Waals surface area contributed by atoms with Gasteiger partial charge in [0, 0.05) is 18.9 Å². The van der Waals surface area contributed by atoms with Crippen LogP contribution in [0.1, 0.15) is 13.8 Å². The molecule has 0 fully saturated rings. The zero-order valence-electron chi connectivity index (χ0n) is 14.3. The van der Waals surface area contributed by atoms with Gasteiger partial charge in [-0.2, -0.15) is 0 Å². The normalized spacial score (nSPS) is 11.3. The first kappa shape index (κ1) is 16.7. The van der Waals surface area contributed by atoms with Crippen LogP contribution in [0.4, 0.5) is 0 Å². The fourth-order valence-corrected chi connectivity index (χ4v) is 4.94. The summed E-state index contributed by atoms with van der Waals surface area (Å²) in [7, 11) is 0.849. The third kappa shape index (κ3) is 3.09. The molecule has 1 aromatic carbocycles. The van der Waals surface area contributed by atoms with E-state index in [0.29, 0.717) is 5.71 Å². The number of pyridine rings is 1. The van der Waals surface area contributed by atoms with Gasteiger partial charge in [-0.05, 0) is 11.6 Å². The molecule has 0 aliphatic rings. The number of methoxy groups -OCH3 is 1. The molecule has 0 saturated heterocycles. The smallest absolute Gasteiger partial charge is 0.230 e. The number of rotatable bonds is 7. The van der Waals surface area contributed by atoms with Gasteiger partial charge in [-0.25, -0.2) is 4.98 Å². The Morgan fingerprint density at radius 3 is 2.50 bits per heavy atom. The van der Waals surface area contributed by atoms with Crippen LogP contribution in [0, 0.1) is 0 Å². The quantitative estimate of drug-likeness (QED) is 0.477. The number of benzene rings is 1. The Hall–Kier alpha value is -2.11. The second kappa shape index (κ2) is 7.64. The maximum absolute atomic E-state index is 6.23. The van der Waals surface area contributed by atoms with Crippen molar-refractivity contribution in [2.75, 3.05) is 13.9 Å². The molecule has 2 aromatic heterocycles. The van der Waals surface area contributed by atoms with Crippen molar-refractivity contribution >= 4 is 25.3 Å². The van der Waals surface area contributed by atoms with Crippen LogP contribution < -0.4 is 10.1 Å². The molecule has 0 saturated carbocycles. The molecule has 5 heteroatoms. The van der Waals surface area contributed by atoms with E-state index in [1.165, 1.54) is 0 Å². The lowest BCUT2D eigenvalue weighted by molar-refractivity contribution is 0.0522. The number of hydrogen-bond acceptors (Lipinski definition) is 4. The van der Waals surface area contributed by atoms with E-state index in [1.54, 1.807) is 13.3 Å². The van der Waals surface area contributed by atoms with Gasteiger partial charge in [0.05, 0.1) is 10.8 Å². The predicted octanol–water partition coefficient (Wildman–Crippen LogP) is 4.22. The summed E-state index contributed by atoms with van der Waals surface area (Å²) in [5, 5.41) is 2.03. The van der Waals surface area contributed by atoms with Gasteiger partial charge < -0.3 is 13.9 Å². The predicted molar refractivity (Wildman–Crippen MR) is 98.3 cm³/mol. The zero-order chi connectivity index (χ0) is 16.9. The van der Waals surface area contributed by atoms with Gasteiger partial charge in [0.2, 0.25) is 5.71 Å². The molecule has 24 heavy (non-hydrogen) atoms. The lowest BCUT2D eigenvalue weighted by Gasteiger charge is -2.11. The minimum absolute atomic E-state index is 0.202. The first-order valence-corrected chi connectivity index (χ1v) is 10.1. The summed E-state index contributed by atoms with van der Waals surface area (Å²) in [6.45, 7) is 4.66. The van der Waals surface area contributed by atoms with Crippen LogP contribution in [0.15, 0.2) is 47.0 Å². The summed E-state index contributed by atoms with van der Waals surface area (Å²) >= 11 is 0. The summed E-state index contributed by atoms with van der Waals surface area (Å²) in [4.78, 5) is 4.44. The number of furan rings is 1. The molecule has 2 heterocycles. The molecule has 0 N–H and O–H groups in total. The van der Waals surface area contributed by atoms with E-state index in [9.17, 15) is 0 Å². The number of hydrogen-bond donors (Lipinski definition) is 0. The third-order valence-corrected chi connectivity index (χ3v) is 6.82. The van der Waals surface area contributed by atoms with Gasteiger partial charge in [0.1, 0.15) is 14.5 Å². The molecule has 0 spiro atoms. The molecule has 125 valence electrons. The highest BCUT2D eigenvalue weighted by Crippen LogP contribution is 2.35. The van der Waals surface area contributed by atoms with Crippen LogP contribution in [-0.2, 0) is 4.74 Å². The van der Waals surface area contributed by atoms with Crippen LogP contribution in [0.5, 0.6) is 5.75 Å². The summed E-state index contributed by atoms with van der Waals surface area (Å²) in [5.74, 6) is 0.754. The highest BCUT2D eigenvalue weighted by Gasteiger charge is 2.25. The molecule has 0 bridgehead atoms. The summed E-state index contributed by atoms with van der Waals surface area (Å²) < 4.78 is 17.1. The van der Waals surface area contributed by atoms with E-state index >= 15 is 0 Å². The Balaban J connectivity index is 2.27. The van der Waals surface area contributed by atoms with Crippen LogP contribution in [0.25, 0.3) is 22.2 Å². The SMILES string of the molecule is CC[Si](CC)c1oc2nccc(OCOC)c2c1-c1ccccc1. The Labute approximate surface area is 144 Å². The maximum atomic E-state index is 6.23. The second-order valence-corrected chi connectivity index (χ2v) is 8.60. The fraction of sp³-hybridized carbons (Fsp3) is 0.316. The molecule has 0 unspecified atom stereocenters. The number of ether oxygens (including phenoxy) is 2. The van der Waals surface area contributed by atoms with Crippen molar-refractivity contribution < 1.29 is 13.9 Å². The van der Waals surface area contributed by atoms with Gasteiger partial charge in [0.25, 0.3) is 0 Å². The van der Waals surface area contributed by atoms with E-state index < -0.39 is 8.80 Å². The molecule has 3 rings (SSSR count). The Bertz CT molecular complexity index is 797. The van der Waals surface area contributed by atoms with Crippen molar-refractivity contribution in [3.63, 3.8) is 0 Å². The zero-order valence-corrected chi connectivity index (χ0v) is 15.3. The first-order valence-electron chi connectivity index (χ1n) is 8.23. The molecular formula is C19H22NO3Si. The molecule has 0 amide bonds. The molecule has 0 atom stereocenters. The van der Waals surface area contributed by atoms with E-state index in [1.807, 2.05) is 24.3 Å². The van der Waals surface area contributed by atoms with Crippen molar-refractivity contribution in [2.24, 2.45) is 0 Å². The summed E-state index contributed by atoms with van der Waals surface area (Å²) in [5.41, 5.74) is 2.91. The van der Waals surface area contributed by atoms with Crippen molar-refractivity contribution in [3.8, 4) is 16.9 Å². The fourth-order valence-electron chi connectivity index (χ4n) is 2.94. The van der Waals surface area contributed by atoms with Crippen molar-refractivity contribution in [2.45, 2.75) is 25.9 Å². The van der Waals surface area contributed by atoms with Crippen LogP contribution in [0.2, 0.25) is 12.1 Å². The largest absolute Gasteiger partial charge is 0.467 e. The number of fused-ring (bicyclic) bond motifs is 1. The highest BCUT2D eigenvalue weighted by atomic mass is 28.3. The average Bonchev–Trinajstić information content (AvgIpc) is 3.01. The van der Waals surface area contributed by atoms with E-state index in [0.717, 1.165) is 39.7 Å². The molecule has 3 aromatic rings. The van der Waals surface area contributed by atoms with Crippen LogP contribution in [0.3, 0.4) is 0 Å². The van der Waals surface area contributed by atoms with Gasteiger partial charge in [-0.3, -0.25) is 0 Å². The Morgan fingerprint density at radius 2 is 1.83 bits per heavy atom. The minimum Gasteiger partial charge on any atom is -0.467 e. The van der Waals surface area contributed by atoms with Crippen molar-refractivity contribution in [3.05, 3.63) is 42.6 Å². The minimum atomic E-state index is -0.769. The lowest BCUT2D eigenvalue weighted by Crippen LogP contribution is -2.28. The average molecular weight is 340 g/mol. The molecular weight excluding hydrogens is 318 g/mol. The third-order valence-electron chi connectivity index (χ3n) is 4.12. The van der Waals surface area contributed by atoms with E-state index in [2.05, 4.69) is 31.0 Å². The Morgan fingerprint density at radius 1 is 1.08 bits per heavy atom. The standard InChI is InChI=1S/C19H22NO3Si/c1-4-24(5-2)19-16(14-9-7-6-8-10-14)17-15(22-13-21-3)11-12-20-18(17)23-19/h6-12H,4-5,13H2,1-3H3. The van der Waals surface area contributed by atoms with Gasteiger partial charge in [-0.1, -0.05) is 56.3 Å². The first-order chi connectivity index (χ1) is 11.8. The summed E-state index contributed by atoms with van der Waals surface area (Å²) in [6.07, 6.45) is 1.72. The monoisotopic (exact) mass is 340 g/mol. The molecule has 0 aliphatic carbocycles. The van der Waals surface area contributed by atoms with E-state index in [4.69, 9.17) is 13.9 Å².